The van der Waals surface area contributed by atoms with Gasteiger partial charge in [-0.05, 0) is 49.9 Å². The van der Waals surface area contributed by atoms with E-state index >= 15 is 0 Å². The van der Waals surface area contributed by atoms with Gasteiger partial charge in [0.15, 0.2) is 0 Å². The Morgan fingerprint density at radius 1 is 1.29 bits per heavy atom. The number of hydrogen-bond acceptors (Lipinski definition) is 1. The van der Waals surface area contributed by atoms with Crippen LogP contribution in [0.1, 0.15) is 73.6 Å². The van der Waals surface area contributed by atoms with Gasteiger partial charge in [-0.1, -0.05) is 41.0 Å². The first kappa shape index (κ1) is 15.0. The summed E-state index contributed by atoms with van der Waals surface area (Å²) in [4.78, 5) is 0. The molecule has 0 aliphatic heterocycles. The fraction of sp³-hybridized carbons (Fsp3) is 1.00. The van der Waals surface area contributed by atoms with E-state index in [-0.39, 0.29) is 0 Å². The maximum Gasteiger partial charge on any atom is 0.00955 e. The molecular formula is C16H33N. The molecule has 4 unspecified atom stereocenters. The Labute approximate surface area is 109 Å². The van der Waals surface area contributed by atoms with Crippen LogP contribution in [0.5, 0.6) is 0 Å². The molecule has 1 fully saturated rings. The van der Waals surface area contributed by atoms with Crippen molar-refractivity contribution in [3.8, 4) is 0 Å². The zero-order valence-corrected chi connectivity index (χ0v) is 12.8. The lowest BCUT2D eigenvalue weighted by atomic mass is 9.70. The van der Waals surface area contributed by atoms with E-state index in [2.05, 4.69) is 46.9 Å². The molecule has 0 heterocycles. The minimum absolute atomic E-state index is 0.567. The lowest BCUT2D eigenvalue weighted by Gasteiger charge is -2.41. The Bertz CT molecular complexity index is 222. The van der Waals surface area contributed by atoms with Crippen LogP contribution in [0.15, 0.2) is 0 Å². The molecule has 1 saturated carbocycles. The summed E-state index contributed by atoms with van der Waals surface area (Å²) in [5.41, 5.74) is 0.567. The van der Waals surface area contributed by atoms with Crippen molar-refractivity contribution in [3.63, 3.8) is 0 Å². The quantitative estimate of drug-likeness (QED) is 0.738. The van der Waals surface area contributed by atoms with Gasteiger partial charge in [-0.15, -0.1) is 0 Å². The largest absolute Gasteiger partial charge is 0.311 e. The van der Waals surface area contributed by atoms with Gasteiger partial charge in [0.25, 0.3) is 0 Å². The molecule has 1 N–H and O–H groups in total. The first-order valence-corrected chi connectivity index (χ1v) is 7.60. The highest BCUT2D eigenvalue weighted by Crippen LogP contribution is 2.38. The molecule has 1 rings (SSSR count). The van der Waals surface area contributed by atoms with Crippen LogP contribution in [0.4, 0.5) is 0 Å². The van der Waals surface area contributed by atoms with Gasteiger partial charge in [0, 0.05) is 12.1 Å². The zero-order valence-electron chi connectivity index (χ0n) is 12.8. The zero-order chi connectivity index (χ0) is 13.1. The normalized spacial score (nSPS) is 32.1. The standard InChI is InChI=1S/C16H33N/c1-7-12(2)10-14(4)17-15-8-9-16(5,6)11-13(15)3/h12-15,17H,7-11H2,1-6H3. The summed E-state index contributed by atoms with van der Waals surface area (Å²) in [7, 11) is 0. The maximum absolute atomic E-state index is 3.87. The molecule has 0 aromatic heterocycles. The summed E-state index contributed by atoms with van der Waals surface area (Å²) in [5.74, 6) is 1.69. The van der Waals surface area contributed by atoms with E-state index in [1.807, 2.05) is 0 Å². The number of rotatable bonds is 5. The molecule has 17 heavy (non-hydrogen) atoms. The summed E-state index contributed by atoms with van der Waals surface area (Å²) in [6, 6.07) is 1.43. The molecule has 102 valence electrons. The summed E-state index contributed by atoms with van der Waals surface area (Å²) < 4.78 is 0. The molecule has 1 aliphatic carbocycles. The maximum atomic E-state index is 3.87. The van der Waals surface area contributed by atoms with Crippen molar-refractivity contribution in [2.24, 2.45) is 17.3 Å². The van der Waals surface area contributed by atoms with Crippen LogP contribution in [-0.2, 0) is 0 Å². The van der Waals surface area contributed by atoms with Crippen LogP contribution in [0.3, 0.4) is 0 Å². The summed E-state index contributed by atoms with van der Waals surface area (Å²) in [5, 5.41) is 3.87. The van der Waals surface area contributed by atoms with Gasteiger partial charge >= 0.3 is 0 Å². The molecule has 1 nitrogen and oxygen atoms in total. The molecule has 0 aromatic rings. The third-order valence-corrected chi connectivity index (χ3v) is 4.65. The van der Waals surface area contributed by atoms with E-state index in [1.165, 1.54) is 32.1 Å². The Morgan fingerprint density at radius 3 is 2.47 bits per heavy atom. The number of nitrogens with one attached hydrogen (secondary N) is 1. The molecule has 0 amide bonds. The van der Waals surface area contributed by atoms with Crippen LogP contribution >= 0.6 is 0 Å². The second-order valence-corrected chi connectivity index (χ2v) is 7.31. The first-order valence-electron chi connectivity index (χ1n) is 7.60. The van der Waals surface area contributed by atoms with Crippen molar-refractivity contribution in [2.75, 3.05) is 0 Å². The third kappa shape index (κ3) is 4.99. The van der Waals surface area contributed by atoms with Crippen molar-refractivity contribution in [2.45, 2.75) is 85.7 Å². The van der Waals surface area contributed by atoms with Gasteiger partial charge < -0.3 is 5.32 Å². The van der Waals surface area contributed by atoms with E-state index in [9.17, 15) is 0 Å². The van der Waals surface area contributed by atoms with Crippen molar-refractivity contribution in [1.82, 2.24) is 5.32 Å². The van der Waals surface area contributed by atoms with Crippen molar-refractivity contribution < 1.29 is 0 Å². The van der Waals surface area contributed by atoms with Crippen molar-refractivity contribution >= 4 is 0 Å². The van der Waals surface area contributed by atoms with Gasteiger partial charge in [0.2, 0.25) is 0 Å². The van der Waals surface area contributed by atoms with Gasteiger partial charge in [0.05, 0.1) is 0 Å². The van der Waals surface area contributed by atoms with Crippen LogP contribution in [0.2, 0.25) is 0 Å². The molecule has 0 radical (unpaired) electrons. The summed E-state index contributed by atoms with van der Waals surface area (Å²) in [6.45, 7) is 14.3. The molecule has 1 heteroatoms. The molecule has 4 atom stereocenters. The van der Waals surface area contributed by atoms with Crippen molar-refractivity contribution in [1.29, 1.82) is 0 Å². The van der Waals surface area contributed by atoms with Crippen LogP contribution in [0.25, 0.3) is 0 Å². The average Bonchev–Trinajstić information content (AvgIpc) is 2.21. The average molecular weight is 239 g/mol. The summed E-state index contributed by atoms with van der Waals surface area (Å²) >= 11 is 0. The molecule has 0 saturated heterocycles. The molecule has 1 aliphatic rings. The van der Waals surface area contributed by atoms with Crippen LogP contribution < -0.4 is 5.32 Å². The second kappa shape index (κ2) is 6.22. The smallest absolute Gasteiger partial charge is 0.00955 e. The van der Waals surface area contributed by atoms with Gasteiger partial charge in [-0.2, -0.15) is 0 Å². The highest BCUT2D eigenvalue weighted by atomic mass is 15.0. The Balaban J connectivity index is 2.37. The molecule has 0 aromatic carbocycles. The van der Waals surface area contributed by atoms with Crippen LogP contribution in [0, 0.1) is 17.3 Å². The third-order valence-electron chi connectivity index (χ3n) is 4.65. The highest BCUT2D eigenvalue weighted by molar-refractivity contribution is 4.88. The van der Waals surface area contributed by atoms with E-state index in [0.29, 0.717) is 11.5 Å². The lowest BCUT2D eigenvalue weighted by molar-refractivity contribution is 0.140. The fourth-order valence-corrected chi connectivity index (χ4v) is 3.40. The van der Waals surface area contributed by atoms with Gasteiger partial charge in [-0.3, -0.25) is 0 Å². The Hall–Kier alpha value is -0.0400. The lowest BCUT2D eigenvalue weighted by Crippen LogP contribution is -2.45. The van der Waals surface area contributed by atoms with Gasteiger partial charge in [-0.25, -0.2) is 0 Å². The first-order chi connectivity index (χ1) is 7.84. The fourth-order valence-electron chi connectivity index (χ4n) is 3.40. The molecule has 0 spiro atoms. The Kier molecular flexibility index (Phi) is 5.50. The highest BCUT2D eigenvalue weighted by Gasteiger charge is 2.32. The topological polar surface area (TPSA) is 12.0 Å². The predicted octanol–water partition coefficient (Wildman–Crippen LogP) is 4.62. The van der Waals surface area contributed by atoms with E-state index in [0.717, 1.165) is 17.9 Å². The monoisotopic (exact) mass is 239 g/mol. The molecular weight excluding hydrogens is 206 g/mol. The Morgan fingerprint density at radius 2 is 1.94 bits per heavy atom. The van der Waals surface area contributed by atoms with E-state index < -0.39 is 0 Å². The predicted molar refractivity (Wildman–Crippen MR) is 77.3 cm³/mol. The minimum atomic E-state index is 0.567. The van der Waals surface area contributed by atoms with Crippen molar-refractivity contribution in [3.05, 3.63) is 0 Å². The second-order valence-electron chi connectivity index (χ2n) is 7.31. The minimum Gasteiger partial charge on any atom is -0.311 e. The summed E-state index contributed by atoms with van der Waals surface area (Å²) in [6.07, 6.45) is 6.74. The number of hydrogen-bond donors (Lipinski definition) is 1. The molecule has 0 bridgehead atoms. The SMILES string of the molecule is CCC(C)CC(C)NC1CCC(C)(C)CC1C. The van der Waals surface area contributed by atoms with Gasteiger partial charge in [0.1, 0.15) is 0 Å². The van der Waals surface area contributed by atoms with E-state index in [4.69, 9.17) is 0 Å². The van der Waals surface area contributed by atoms with Crippen LogP contribution in [-0.4, -0.2) is 12.1 Å². The van der Waals surface area contributed by atoms with E-state index in [1.54, 1.807) is 0 Å².